The highest BCUT2D eigenvalue weighted by atomic mass is 16.5. The first-order valence-electron chi connectivity index (χ1n) is 15.6. The molecule has 1 aromatic rings. The lowest BCUT2D eigenvalue weighted by Gasteiger charge is -2.53. The highest BCUT2D eigenvalue weighted by Gasteiger charge is 2.53. The van der Waals surface area contributed by atoms with Gasteiger partial charge in [-0.1, -0.05) is 71.6 Å². The number of carbonyl (C=O) groups excluding carboxylic acids is 2. The number of Topliss-reactive ketones (excluding diaryl/α,β-unsaturated/α-hetero) is 1. The van der Waals surface area contributed by atoms with E-state index in [-0.39, 0.29) is 17.4 Å². The van der Waals surface area contributed by atoms with Crippen LogP contribution in [0, 0.1) is 34.5 Å². The van der Waals surface area contributed by atoms with E-state index in [2.05, 4.69) is 46.8 Å². The number of fused-ring (bicyclic) bond motifs is 2. The van der Waals surface area contributed by atoms with Crippen molar-refractivity contribution in [2.45, 2.75) is 118 Å². The molecule has 39 heavy (non-hydrogen) atoms. The van der Waals surface area contributed by atoms with Crippen molar-refractivity contribution in [3.8, 4) is 5.75 Å². The Balaban J connectivity index is 1.44. The third kappa shape index (κ3) is 6.37. The topological polar surface area (TPSA) is 52.6 Å². The number of hydrogen-bond acceptors (Lipinski definition) is 4. The Kier molecular flexibility index (Phi) is 9.78. The fraction of sp³-hybridized carbons (Fsp3) is 0.714. The summed E-state index contributed by atoms with van der Waals surface area (Å²) in [5, 5.41) is 0. The summed E-state index contributed by atoms with van der Waals surface area (Å²) in [5.41, 5.74) is 3.45. The number of aldehydes is 1. The molecule has 4 nitrogen and oxygen atoms in total. The van der Waals surface area contributed by atoms with Crippen LogP contribution < -0.4 is 4.74 Å². The molecule has 0 aromatic heterocycles. The zero-order valence-electron chi connectivity index (χ0n) is 25.4. The molecule has 0 spiro atoms. The second-order valence-corrected chi connectivity index (χ2v) is 13.7. The average molecular weight is 537 g/mol. The Labute approximate surface area is 237 Å². The summed E-state index contributed by atoms with van der Waals surface area (Å²) in [6.45, 7) is 12.1. The summed E-state index contributed by atoms with van der Waals surface area (Å²) in [5.74, 6) is 3.02. The van der Waals surface area contributed by atoms with Crippen molar-refractivity contribution in [1.82, 2.24) is 0 Å². The predicted octanol–water partition coefficient (Wildman–Crippen LogP) is 8.51. The van der Waals surface area contributed by atoms with E-state index in [0.717, 1.165) is 69.0 Å². The normalized spacial score (nSPS) is 30.5. The van der Waals surface area contributed by atoms with Gasteiger partial charge in [0.05, 0.1) is 19.8 Å². The van der Waals surface area contributed by atoms with E-state index in [1.807, 2.05) is 12.1 Å². The van der Waals surface area contributed by atoms with Crippen molar-refractivity contribution in [2.75, 3.05) is 7.11 Å². The fourth-order valence-electron chi connectivity index (χ4n) is 8.25. The Morgan fingerprint density at radius 1 is 1.03 bits per heavy atom. The van der Waals surface area contributed by atoms with Crippen LogP contribution in [0.15, 0.2) is 35.4 Å². The number of ether oxygens (including phenoxy) is 2. The molecule has 0 heterocycles. The predicted molar refractivity (Wildman–Crippen MR) is 158 cm³/mol. The molecule has 0 amide bonds. The number of carbonyl (C=O) groups is 2. The number of allylic oxidation sites excluding steroid dienone is 2. The third-order valence-corrected chi connectivity index (χ3v) is 10.9. The van der Waals surface area contributed by atoms with Gasteiger partial charge in [0.15, 0.2) is 5.78 Å². The molecule has 1 saturated carbocycles. The minimum absolute atomic E-state index is 0.105. The van der Waals surface area contributed by atoms with E-state index in [1.165, 1.54) is 24.0 Å². The van der Waals surface area contributed by atoms with E-state index in [1.54, 1.807) is 7.11 Å². The van der Waals surface area contributed by atoms with Crippen LogP contribution in [-0.2, 0) is 20.9 Å². The highest BCUT2D eigenvalue weighted by molar-refractivity contribution is 6.02. The van der Waals surface area contributed by atoms with Crippen LogP contribution in [0.2, 0.25) is 0 Å². The Bertz CT molecular complexity index is 1020. The minimum Gasteiger partial charge on any atom is -0.497 e. The fourth-order valence-corrected chi connectivity index (χ4v) is 8.25. The SMILES string of the molecule is COc1ccc(CO[C@H]2CC[C@]3(C)C4=C(CC[C@H]3C2)C(=O)[C@@](C)([C@H](CC=O)[C@H](C)CCCC(C)C)CC4)cc1. The van der Waals surface area contributed by atoms with Gasteiger partial charge in [0.2, 0.25) is 0 Å². The maximum atomic E-state index is 14.3. The molecule has 0 unspecified atom stereocenters. The molecular weight excluding hydrogens is 484 g/mol. The number of benzene rings is 1. The van der Waals surface area contributed by atoms with Crippen LogP contribution in [0.1, 0.15) is 111 Å². The van der Waals surface area contributed by atoms with E-state index < -0.39 is 5.41 Å². The molecule has 3 aliphatic carbocycles. The van der Waals surface area contributed by atoms with Gasteiger partial charge < -0.3 is 14.3 Å². The average Bonchev–Trinajstić information content (AvgIpc) is 2.92. The van der Waals surface area contributed by atoms with Gasteiger partial charge in [-0.2, -0.15) is 0 Å². The second kappa shape index (κ2) is 12.7. The first-order chi connectivity index (χ1) is 18.6. The van der Waals surface area contributed by atoms with Crippen LogP contribution in [0.25, 0.3) is 0 Å². The molecule has 1 aromatic carbocycles. The lowest BCUT2D eigenvalue weighted by molar-refractivity contribution is -0.132. The van der Waals surface area contributed by atoms with E-state index in [0.29, 0.717) is 36.6 Å². The number of ketones is 1. The molecule has 3 aliphatic rings. The third-order valence-electron chi connectivity index (χ3n) is 10.9. The van der Waals surface area contributed by atoms with Crippen LogP contribution in [0.5, 0.6) is 5.75 Å². The molecule has 6 atom stereocenters. The quantitative estimate of drug-likeness (QED) is 0.251. The minimum atomic E-state index is -0.418. The van der Waals surface area contributed by atoms with Gasteiger partial charge in [0.1, 0.15) is 12.0 Å². The van der Waals surface area contributed by atoms with Crippen molar-refractivity contribution < 1.29 is 19.1 Å². The number of methoxy groups -OCH3 is 1. The van der Waals surface area contributed by atoms with Crippen LogP contribution in [-0.4, -0.2) is 25.3 Å². The van der Waals surface area contributed by atoms with Crippen LogP contribution in [0.3, 0.4) is 0 Å². The lowest BCUT2D eigenvalue weighted by atomic mass is 9.51. The van der Waals surface area contributed by atoms with E-state index in [4.69, 9.17) is 9.47 Å². The number of rotatable bonds is 12. The summed E-state index contributed by atoms with van der Waals surface area (Å²) in [7, 11) is 1.69. The number of hydrogen-bond donors (Lipinski definition) is 0. The molecule has 0 aliphatic heterocycles. The van der Waals surface area contributed by atoms with Crippen molar-refractivity contribution in [2.24, 2.45) is 34.5 Å². The monoisotopic (exact) mass is 536 g/mol. The first kappa shape index (κ1) is 30.0. The maximum absolute atomic E-state index is 14.3. The summed E-state index contributed by atoms with van der Waals surface area (Å²) in [6.07, 6.45) is 12.4. The summed E-state index contributed by atoms with van der Waals surface area (Å²) in [4.78, 5) is 26.0. The molecule has 4 heteroatoms. The molecule has 0 N–H and O–H groups in total. The maximum Gasteiger partial charge on any atom is 0.164 e. The Morgan fingerprint density at radius 2 is 1.77 bits per heavy atom. The van der Waals surface area contributed by atoms with Crippen LogP contribution in [0.4, 0.5) is 0 Å². The molecule has 216 valence electrons. The van der Waals surface area contributed by atoms with E-state index >= 15 is 0 Å². The van der Waals surface area contributed by atoms with E-state index in [9.17, 15) is 9.59 Å². The molecule has 0 radical (unpaired) electrons. The zero-order valence-corrected chi connectivity index (χ0v) is 25.4. The van der Waals surface area contributed by atoms with Gasteiger partial charge in [-0.3, -0.25) is 4.79 Å². The summed E-state index contributed by atoms with van der Waals surface area (Å²) in [6, 6.07) is 8.14. The summed E-state index contributed by atoms with van der Waals surface area (Å²) >= 11 is 0. The van der Waals surface area contributed by atoms with Crippen molar-refractivity contribution >= 4 is 12.1 Å². The highest BCUT2D eigenvalue weighted by Crippen LogP contribution is 2.59. The molecule has 0 bridgehead atoms. The smallest absolute Gasteiger partial charge is 0.164 e. The van der Waals surface area contributed by atoms with Crippen LogP contribution >= 0.6 is 0 Å². The molecule has 1 fully saturated rings. The van der Waals surface area contributed by atoms with Gasteiger partial charge in [-0.25, -0.2) is 0 Å². The van der Waals surface area contributed by atoms with Crippen molar-refractivity contribution in [3.63, 3.8) is 0 Å². The van der Waals surface area contributed by atoms with Gasteiger partial charge in [-0.05, 0) is 97.3 Å². The molecule has 0 saturated heterocycles. The Hall–Kier alpha value is -1.94. The zero-order chi connectivity index (χ0) is 28.2. The lowest BCUT2D eigenvalue weighted by Crippen LogP contribution is -2.48. The van der Waals surface area contributed by atoms with Crippen molar-refractivity contribution in [1.29, 1.82) is 0 Å². The van der Waals surface area contributed by atoms with Gasteiger partial charge in [0, 0.05) is 11.8 Å². The van der Waals surface area contributed by atoms with Gasteiger partial charge >= 0.3 is 0 Å². The van der Waals surface area contributed by atoms with Gasteiger partial charge in [-0.15, -0.1) is 0 Å². The van der Waals surface area contributed by atoms with Crippen molar-refractivity contribution in [3.05, 3.63) is 41.0 Å². The Morgan fingerprint density at radius 3 is 2.44 bits per heavy atom. The molecular formula is C35H52O4. The largest absolute Gasteiger partial charge is 0.497 e. The second-order valence-electron chi connectivity index (χ2n) is 13.7. The standard InChI is InChI=1S/C35H52O4/c1-24(2)8-7-9-25(3)31(18-21-36)35(5)20-17-32-30(33(35)37)15-12-27-22-29(16-19-34(27,32)4)39-23-26-10-13-28(38-6)14-11-26/h10-11,13-14,21,24-25,27,29,31H,7-9,12,15-20,22-23H2,1-6H3/t25-,27+,29+,31-,34+,35-/m1/s1. The van der Waals surface area contributed by atoms with Gasteiger partial charge in [0.25, 0.3) is 0 Å². The summed E-state index contributed by atoms with van der Waals surface area (Å²) < 4.78 is 11.7. The molecule has 4 rings (SSSR count). The first-order valence-corrected chi connectivity index (χ1v) is 15.6.